The van der Waals surface area contributed by atoms with Crippen molar-refractivity contribution in [1.82, 2.24) is 4.98 Å². The zero-order chi connectivity index (χ0) is 24.1. The molecule has 5 rings (SSSR count). The van der Waals surface area contributed by atoms with Gasteiger partial charge >= 0.3 is 0 Å². The van der Waals surface area contributed by atoms with Crippen molar-refractivity contribution in [3.05, 3.63) is 91.3 Å². The largest absolute Gasteiger partial charge is 0.264 e. The summed E-state index contributed by atoms with van der Waals surface area (Å²) in [5, 5.41) is 8.04. The van der Waals surface area contributed by atoms with Crippen LogP contribution in [0.1, 0.15) is 0 Å². The first kappa shape index (κ1) is 22.8. The number of pyridine rings is 1. The minimum Gasteiger partial charge on any atom is -0.264 e. The molecule has 170 valence electrons. The van der Waals surface area contributed by atoms with Crippen molar-refractivity contribution in [1.29, 1.82) is 0 Å². The van der Waals surface area contributed by atoms with E-state index in [2.05, 4.69) is 123 Å². The lowest BCUT2D eigenvalue weighted by molar-refractivity contribution is 1.37. The number of hydrogen-bond donors (Lipinski definition) is 0. The van der Waals surface area contributed by atoms with Crippen LogP contribution in [0.5, 0.6) is 0 Å². The summed E-state index contributed by atoms with van der Waals surface area (Å²) in [7, 11) is -2.69. The molecule has 0 fully saturated rings. The van der Waals surface area contributed by atoms with Gasteiger partial charge in [-0.1, -0.05) is 122 Å². The maximum absolute atomic E-state index is 4.56. The van der Waals surface area contributed by atoms with Crippen molar-refractivity contribution in [3.8, 4) is 22.3 Å². The lowest BCUT2D eigenvalue weighted by atomic mass is 9.87. The van der Waals surface area contributed by atoms with E-state index in [1.807, 2.05) is 12.4 Å². The topological polar surface area (TPSA) is 12.9 Å². The van der Waals surface area contributed by atoms with Crippen LogP contribution in [0.3, 0.4) is 0 Å². The van der Waals surface area contributed by atoms with Gasteiger partial charge in [0.15, 0.2) is 0 Å². The van der Waals surface area contributed by atoms with Gasteiger partial charge in [-0.25, -0.2) is 0 Å². The van der Waals surface area contributed by atoms with E-state index in [-0.39, 0.29) is 0 Å². The first-order valence-electron chi connectivity index (χ1n) is 12.1. The summed E-state index contributed by atoms with van der Waals surface area (Å²) in [5.41, 5.74) is 5.12. The van der Waals surface area contributed by atoms with Crippen LogP contribution in [-0.2, 0) is 0 Å². The molecule has 0 aliphatic heterocycles. The fourth-order valence-corrected chi connectivity index (χ4v) is 7.25. The molecule has 0 bridgehead atoms. The predicted octanol–water partition coefficient (Wildman–Crippen LogP) is 7.81. The van der Waals surface area contributed by atoms with Gasteiger partial charge in [-0.2, -0.15) is 0 Å². The van der Waals surface area contributed by atoms with E-state index < -0.39 is 16.1 Å². The maximum atomic E-state index is 4.56. The Morgan fingerprint density at radius 2 is 0.882 bits per heavy atom. The van der Waals surface area contributed by atoms with Crippen molar-refractivity contribution < 1.29 is 0 Å². The van der Waals surface area contributed by atoms with E-state index in [1.165, 1.54) is 54.2 Å². The summed E-state index contributed by atoms with van der Waals surface area (Å²) in [6.45, 7) is 14.4. The van der Waals surface area contributed by atoms with Crippen LogP contribution >= 0.6 is 0 Å². The van der Waals surface area contributed by atoms with E-state index in [0.29, 0.717) is 0 Å². The quantitative estimate of drug-likeness (QED) is 0.191. The van der Waals surface area contributed by atoms with E-state index in [0.717, 1.165) is 0 Å². The van der Waals surface area contributed by atoms with Gasteiger partial charge in [0.05, 0.1) is 16.1 Å². The summed E-state index contributed by atoms with van der Waals surface area (Å²) in [4.78, 5) is 4.56. The molecule has 0 N–H and O–H groups in total. The number of fused-ring (bicyclic) bond motifs is 2. The van der Waals surface area contributed by atoms with Crippen LogP contribution in [0.4, 0.5) is 0 Å². The van der Waals surface area contributed by atoms with Crippen molar-refractivity contribution in [2.24, 2.45) is 0 Å². The molecule has 0 aliphatic carbocycles. The Hall–Kier alpha value is -3.02. The monoisotopic (exact) mass is 475 g/mol. The second-order valence-corrected chi connectivity index (χ2v) is 21.5. The van der Waals surface area contributed by atoms with Gasteiger partial charge in [-0.05, 0) is 44.5 Å². The highest BCUT2D eigenvalue weighted by Crippen LogP contribution is 2.43. The van der Waals surface area contributed by atoms with Gasteiger partial charge in [0.25, 0.3) is 0 Å². The molecular weight excluding hydrogens is 443 g/mol. The number of rotatable bonds is 4. The fourth-order valence-electron chi connectivity index (χ4n) is 4.92. The number of nitrogens with zero attached hydrogens (tertiary/aromatic N) is 1. The molecule has 0 aliphatic rings. The summed E-state index contributed by atoms with van der Waals surface area (Å²) < 4.78 is 0. The van der Waals surface area contributed by atoms with E-state index in [4.69, 9.17) is 0 Å². The van der Waals surface area contributed by atoms with Gasteiger partial charge in [-0.15, -0.1) is 0 Å². The van der Waals surface area contributed by atoms with Crippen molar-refractivity contribution in [3.63, 3.8) is 0 Å². The smallest absolute Gasteiger partial charge is 0.0775 e. The predicted molar refractivity (Wildman–Crippen MR) is 156 cm³/mol. The highest BCUT2D eigenvalue weighted by Gasteiger charge is 2.20. The summed E-state index contributed by atoms with van der Waals surface area (Å²) >= 11 is 0. The summed E-state index contributed by atoms with van der Waals surface area (Å²) in [6, 6.07) is 29.6. The van der Waals surface area contributed by atoms with Crippen LogP contribution in [0.25, 0.3) is 43.8 Å². The Bertz CT molecular complexity index is 1310. The zero-order valence-corrected chi connectivity index (χ0v) is 23.1. The molecule has 0 unspecified atom stereocenters. The molecule has 4 aromatic carbocycles. The minimum absolute atomic E-state index is 1.21. The molecule has 5 aromatic rings. The third-order valence-corrected chi connectivity index (χ3v) is 11.0. The Labute approximate surface area is 205 Å². The van der Waals surface area contributed by atoms with Crippen molar-refractivity contribution >= 4 is 48.1 Å². The van der Waals surface area contributed by atoms with Crippen molar-refractivity contribution in [2.75, 3.05) is 0 Å². The van der Waals surface area contributed by atoms with Crippen LogP contribution in [0.15, 0.2) is 91.3 Å². The molecule has 0 saturated carbocycles. The standard InChI is InChI=1S/C31H33NSi2/c1-33(2,3)24-15-11-22(12-16-24)30-26-9-7-8-10-27(26)31(29-21-32-20-19-28(29)30)23-13-17-25(18-14-23)34(4,5)6/h7-21H,1-6H3. The number of benzene rings is 4. The molecule has 3 heteroatoms. The summed E-state index contributed by atoms with van der Waals surface area (Å²) in [6.07, 6.45) is 3.97. The average molecular weight is 476 g/mol. The first-order valence-corrected chi connectivity index (χ1v) is 19.1. The lowest BCUT2D eigenvalue weighted by Crippen LogP contribution is -2.37. The molecule has 0 saturated heterocycles. The second kappa shape index (κ2) is 8.33. The highest BCUT2D eigenvalue weighted by atomic mass is 28.3. The lowest BCUT2D eigenvalue weighted by Gasteiger charge is -2.20. The van der Waals surface area contributed by atoms with Crippen LogP contribution in [-0.4, -0.2) is 21.1 Å². The Morgan fingerprint density at radius 1 is 0.471 bits per heavy atom. The Morgan fingerprint density at radius 3 is 1.32 bits per heavy atom. The third-order valence-electron chi connectivity index (χ3n) is 6.90. The Balaban J connectivity index is 1.81. The normalized spacial score (nSPS) is 12.4. The molecule has 1 nitrogen and oxygen atoms in total. The van der Waals surface area contributed by atoms with Gasteiger partial charge in [0.2, 0.25) is 0 Å². The molecule has 0 radical (unpaired) electrons. The molecule has 1 heterocycles. The van der Waals surface area contributed by atoms with Crippen LogP contribution in [0, 0.1) is 0 Å². The van der Waals surface area contributed by atoms with Crippen LogP contribution in [0.2, 0.25) is 39.3 Å². The van der Waals surface area contributed by atoms with Gasteiger partial charge < -0.3 is 0 Å². The van der Waals surface area contributed by atoms with Crippen LogP contribution < -0.4 is 10.4 Å². The van der Waals surface area contributed by atoms with E-state index >= 15 is 0 Å². The molecule has 0 spiro atoms. The highest BCUT2D eigenvalue weighted by molar-refractivity contribution is 6.89. The molecule has 0 amide bonds. The Kier molecular flexibility index (Phi) is 5.58. The summed E-state index contributed by atoms with van der Waals surface area (Å²) in [5.74, 6) is 0. The first-order chi connectivity index (χ1) is 16.1. The van der Waals surface area contributed by atoms with Gasteiger partial charge in [0, 0.05) is 17.8 Å². The van der Waals surface area contributed by atoms with E-state index in [1.54, 1.807) is 0 Å². The van der Waals surface area contributed by atoms with Crippen molar-refractivity contribution in [2.45, 2.75) is 39.3 Å². The zero-order valence-electron chi connectivity index (χ0n) is 21.1. The number of hydrogen-bond acceptors (Lipinski definition) is 1. The van der Waals surface area contributed by atoms with Gasteiger partial charge in [0.1, 0.15) is 0 Å². The van der Waals surface area contributed by atoms with E-state index in [9.17, 15) is 0 Å². The number of aromatic nitrogens is 1. The van der Waals surface area contributed by atoms with Gasteiger partial charge in [-0.3, -0.25) is 4.98 Å². The molecular formula is C31H33NSi2. The maximum Gasteiger partial charge on any atom is 0.0775 e. The molecule has 0 atom stereocenters. The minimum atomic E-state index is -1.35. The average Bonchev–Trinajstić information content (AvgIpc) is 2.81. The molecule has 1 aromatic heterocycles. The molecule has 34 heavy (non-hydrogen) atoms. The SMILES string of the molecule is C[Si](C)(C)c1ccc(-c2c3ccccc3c(-c3ccc([Si](C)(C)C)cc3)c3cnccc23)cc1. The third kappa shape index (κ3) is 4.04. The second-order valence-electron chi connectivity index (χ2n) is 11.4. The fraction of sp³-hybridized carbons (Fsp3) is 0.194.